The van der Waals surface area contributed by atoms with Crippen molar-refractivity contribution < 1.29 is 8.95 Å². The van der Waals surface area contributed by atoms with E-state index < -0.39 is 11.0 Å². The van der Waals surface area contributed by atoms with Gasteiger partial charge in [-0.15, -0.1) is 0 Å². The van der Waals surface area contributed by atoms with Gasteiger partial charge in [-0.3, -0.25) is 4.31 Å². The Bertz CT molecular complexity index is 792. The summed E-state index contributed by atoms with van der Waals surface area (Å²) < 4.78 is 20.9. The van der Waals surface area contributed by atoms with Gasteiger partial charge in [-0.25, -0.2) is 4.21 Å². The summed E-state index contributed by atoms with van der Waals surface area (Å²) in [4.78, 5) is 3.26. The molecule has 1 aliphatic rings. The topological polar surface area (TPSA) is 32.8 Å². The number of anilines is 1. The molecular formula is C22H29ClN2O2S. The highest BCUT2D eigenvalue weighted by atomic mass is 35.5. The van der Waals surface area contributed by atoms with Gasteiger partial charge < -0.3 is 9.64 Å². The lowest BCUT2D eigenvalue weighted by Gasteiger charge is -2.30. The van der Waals surface area contributed by atoms with Crippen LogP contribution in [0, 0.1) is 0 Å². The molecular weight excluding hydrogens is 392 g/mol. The van der Waals surface area contributed by atoms with Gasteiger partial charge in [0.25, 0.3) is 0 Å². The molecule has 6 heteroatoms. The molecule has 2 aromatic carbocycles. The Morgan fingerprint density at radius 2 is 1.79 bits per heavy atom. The Morgan fingerprint density at radius 3 is 2.46 bits per heavy atom. The first-order valence-electron chi connectivity index (χ1n) is 10.1. The van der Waals surface area contributed by atoms with Crippen LogP contribution in [-0.4, -0.2) is 41.9 Å². The first-order valence-corrected chi connectivity index (χ1v) is 11.5. The summed E-state index contributed by atoms with van der Waals surface area (Å²) in [5.41, 5.74) is 2.16. The molecule has 0 bridgehead atoms. The van der Waals surface area contributed by atoms with Crippen LogP contribution in [0.5, 0.6) is 5.75 Å². The van der Waals surface area contributed by atoms with Gasteiger partial charge in [-0.05, 0) is 74.3 Å². The summed E-state index contributed by atoms with van der Waals surface area (Å²) in [5.74, 6) is 0.802. The van der Waals surface area contributed by atoms with Crippen LogP contribution in [0.25, 0.3) is 0 Å². The van der Waals surface area contributed by atoms with Crippen LogP contribution >= 0.6 is 11.6 Å². The molecule has 0 N–H and O–H groups in total. The van der Waals surface area contributed by atoms with Gasteiger partial charge >= 0.3 is 0 Å². The number of hydrogen-bond acceptors (Lipinski definition) is 3. The van der Waals surface area contributed by atoms with E-state index in [2.05, 4.69) is 30.9 Å². The van der Waals surface area contributed by atoms with Gasteiger partial charge in [0.05, 0.1) is 17.1 Å². The average Bonchev–Trinajstić information content (AvgIpc) is 2.72. The zero-order chi connectivity index (χ0) is 19.9. The summed E-state index contributed by atoms with van der Waals surface area (Å²) >= 11 is 5.97. The quantitative estimate of drug-likeness (QED) is 0.576. The molecule has 1 heterocycles. The van der Waals surface area contributed by atoms with Crippen LogP contribution in [0.1, 0.15) is 32.3 Å². The zero-order valence-corrected chi connectivity index (χ0v) is 18.3. The normalized spacial score (nSPS) is 14.6. The molecule has 4 nitrogen and oxygen atoms in total. The lowest BCUT2D eigenvalue weighted by Crippen LogP contribution is -2.34. The fourth-order valence-corrected chi connectivity index (χ4v) is 4.81. The summed E-state index contributed by atoms with van der Waals surface area (Å²) in [6.07, 6.45) is 3.33. The van der Waals surface area contributed by atoms with Gasteiger partial charge in [0, 0.05) is 11.6 Å². The minimum Gasteiger partial charge on any atom is -0.489 e. The summed E-state index contributed by atoms with van der Waals surface area (Å²) in [5, 5.41) is 0.647. The second-order valence-corrected chi connectivity index (χ2v) is 8.89. The third-order valence-electron chi connectivity index (χ3n) is 4.86. The van der Waals surface area contributed by atoms with Crippen molar-refractivity contribution in [2.24, 2.45) is 0 Å². The lowest BCUT2D eigenvalue weighted by molar-refractivity contribution is 0.278. The maximum atomic E-state index is 13.2. The third kappa shape index (κ3) is 5.28. The molecule has 1 aliphatic heterocycles. The molecule has 0 radical (unpaired) electrons. The number of benzene rings is 2. The summed E-state index contributed by atoms with van der Waals surface area (Å²) in [6.45, 7) is 8.90. The Labute approximate surface area is 176 Å². The van der Waals surface area contributed by atoms with Crippen LogP contribution in [-0.2, 0) is 17.4 Å². The van der Waals surface area contributed by atoms with Crippen molar-refractivity contribution in [1.29, 1.82) is 0 Å². The second-order valence-electron chi connectivity index (χ2n) is 7.05. The fourth-order valence-electron chi connectivity index (χ4n) is 3.50. The van der Waals surface area contributed by atoms with Crippen molar-refractivity contribution in [2.45, 2.75) is 38.0 Å². The smallest absolute Gasteiger partial charge is 0.153 e. The van der Waals surface area contributed by atoms with Crippen molar-refractivity contribution in [3.8, 4) is 5.75 Å². The maximum Gasteiger partial charge on any atom is 0.153 e. The first-order chi connectivity index (χ1) is 13.6. The van der Waals surface area contributed by atoms with E-state index in [0.717, 1.165) is 42.4 Å². The first kappa shape index (κ1) is 21.2. The van der Waals surface area contributed by atoms with Gasteiger partial charge in [0.2, 0.25) is 0 Å². The fraction of sp³-hybridized carbons (Fsp3) is 0.455. The number of ether oxygens (including phenoxy) is 1. The van der Waals surface area contributed by atoms with E-state index in [1.54, 1.807) is 12.1 Å². The average molecular weight is 421 g/mol. The molecule has 28 heavy (non-hydrogen) atoms. The van der Waals surface area contributed by atoms with Crippen LogP contribution in [0.3, 0.4) is 0 Å². The number of nitrogens with zero attached hydrogens (tertiary/aromatic N) is 2. The van der Waals surface area contributed by atoms with Gasteiger partial charge in [-0.1, -0.05) is 31.5 Å². The molecule has 0 spiro atoms. The Kier molecular flexibility index (Phi) is 7.77. The monoisotopic (exact) mass is 420 g/mol. The predicted molar refractivity (Wildman–Crippen MR) is 118 cm³/mol. The standard InChI is InChI=1S/C22H29ClN2O2S/c1-3-12-24(13-4-2)14-11-18-5-10-22-21(17-18)25(15-16-27-22)28(26)20-8-6-19(23)7-9-20/h5-10,17H,3-4,11-16H2,1-2H3. The Hall–Kier alpha value is -1.56. The maximum absolute atomic E-state index is 13.2. The molecule has 0 amide bonds. The Morgan fingerprint density at radius 1 is 1.07 bits per heavy atom. The van der Waals surface area contributed by atoms with Crippen LogP contribution in [0.15, 0.2) is 47.4 Å². The van der Waals surface area contributed by atoms with Crippen molar-refractivity contribution in [3.63, 3.8) is 0 Å². The number of fused-ring (bicyclic) bond motifs is 1. The van der Waals surface area contributed by atoms with Gasteiger partial charge in [0.15, 0.2) is 11.0 Å². The number of rotatable bonds is 9. The molecule has 2 aromatic rings. The van der Waals surface area contributed by atoms with E-state index >= 15 is 0 Å². The molecule has 0 aromatic heterocycles. The molecule has 1 unspecified atom stereocenters. The van der Waals surface area contributed by atoms with Crippen LogP contribution in [0.2, 0.25) is 5.02 Å². The lowest BCUT2D eigenvalue weighted by atomic mass is 10.1. The molecule has 152 valence electrons. The summed E-state index contributed by atoms with van der Waals surface area (Å²) in [7, 11) is -1.28. The van der Waals surface area contributed by atoms with Gasteiger partial charge in [0.1, 0.15) is 12.4 Å². The number of halogens is 1. The minimum atomic E-state index is -1.28. The molecule has 1 atom stereocenters. The van der Waals surface area contributed by atoms with E-state index in [0.29, 0.717) is 18.2 Å². The predicted octanol–water partition coefficient (Wildman–Crippen LogP) is 4.93. The number of hydrogen-bond donors (Lipinski definition) is 0. The van der Waals surface area contributed by atoms with E-state index in [-0.39, 0.29) is 0 Å². The van der Waals surface area contributed by atoms with Crippen molar-refractivity contribution in [1.82, 2.24) is 4.90 Å². The molecule has 0 fully saturated rings. The molecule has 0 saturated heterocycles. The van der Waals surface area contributed by atoms with Crippen LogP contribution < -0.4 is 9.04 Å². The van der Waals surface area contributed by atoms with E-state index in [9.17, 15) is 4.21 Å². The zero-order valence-electron chi connectivity index (χ0n) is 16.7. The van der Waals surface area contributed by atoms with Crippen molar-refractivity contribution in [3.05, 3.63) is 53.1 Å². The molecule has 3 rings (SSSR count). The Balaban J connectivity index is 1.77. The van der Waals surface area contributed by atoms with Gasteiger partial charge in [-0.2, -0.15) is 0 Å². The highest BCUT2D eigenvalue weighted by Gasteiger charge is 2.24. The second kappa shape index (κ2) is 10.3. The largest absolute Gasteiger partial charge is 0.489 e. The molecule has 0 aliphatic carbocycles. The highest BCUT2D eigenvalue weighted by molar-refractivity contribution is 7.86. The highest BCUT2D eigenvalue weighted by Crippen LogP contribution is 2.35. The van der Waals surface area contributed by atoms with E-state index in [1.807, 2.05) is 22.5 Å². The van der Waals surface area contributed by atoms with Crippen molar-refractivity contribution in [2.75, 3.05) is 37.1 Å². The SMILES string of the molecule is CCCN(CCC)CCc1ccc2c(c1)N(S(=O)c1ccc(Cl)cc1)CCO2. The third-order valence-corrected chi connectivity index (χ3v) is 6.56. The minimum absolute atomic E-state index is 0.534. The summed E-state index contributed by atoms with van der Waals surface area (Å²) in [6, 6.07) is 13.5. The van der Waals surface area contributed by atoms with E-state index in [1.165, 1.54) is 18.4 Å². The van der Waals surface area contributed by atoms with Crippen molar-refractivity contribution >= 4 is 28.3 Å². The van der Waals surface area contributed by atoms with E-state index in [4.69, 9.17) is 16.3 Å². The van der Waals surface area contributed by atoms with Crippen LogP contribution in [0.4, 0.5) is 5.69 Å². The molecule has 0 saturated carbocycles.